The second kappa shape index (κ2) is 10.1. The molecule has 196 valence electrons. The Morgan fingerprint density at radius 3 is 2.50 bits per heavy atom. The monoisotopic (exact) mass is 532 g/mol. The van der Waals surface area contributed by atoms with E-state index in [0.717, 1.165) is 48.9 Å². The molecule has 1 amide bonds. The van der Waals surface area contributed by atoms with Crippen LogP contribution in [-0.4, -0.2) is 72.6 Å². The van der Waals surface area contributed by atoms with E-state index in [1.807, 2.05) is 53.4 Å². The minimum atomic E-state index is -0.364. The van der Waals surface area contributed by atoms with Crippen molar-refractivity contribution in [1.82, 2.24) is 9.88 Å². The first-order valence-corrected chi connectivity index (χ1v) is 13.3. The molecule has 10 heteroatoms. The van der Waals surface area contributed by atoms with Crippen LogP contribution >= 0.6 is 11.6 Å². The molecule has 2 atom stereocenters. The van der Waals surface area contributed by atoms with Gasteiger partial charge in [-0.25, -0.2) is 4.98 Å². The summed E-state index contributed by atoms with van der Waals surface area (Å²) in [6.07, 6.45) is 2.28. The molecule has 38 heavy (non-hydrogen) atoms. The van der Waals surface area contributed by atoms with Gasteiger partial charge in [0.15, 0.2) is 0 Å². The summed E-state index contributed by atoms with van der Waals surface area (Å²) >= 11 is 6.19. The number of pyridine rings is 1. The number of fused-ring (bicyclic) bond motifs is 3. The van der Waals surface area contributed by atoms with Crippen LogP contribution in [-0.2, 0) is 11.2 Å². The predicted octanol–water partition coefficient (Wildman–Crippen LogP) is 3.86. The molecule has 2 aromatic carbocycles. The first-order valence-electron chi connectivity index (χ1n) is 13.0. The molecule has 9 nitrogen and oxygen atoms in total. The Labute approximate surface area is 226 Å². The lowest BCUT2D eigenvalue weighted by atomic mass is 9.82. The molecule has 4 heterocycles. The van der Waals surface area contributed by atoms with Crippen LogP contribution in [0.1, 0.15) is 5.56 Å². The summed E-state index contributed by atoms with van der Waals surface area (Å²) < 4.78 is 0. The molecule has 0 N–H and O–H groups in total. The highest BCUT2D eigenvalue weighted by atomic mass is 35.5. The van der Waals surface area contributed by atoms with Gasteiger partial charge in [0.05, 0.1) is 16.9 Å². The van der Waals surface area contributed by atoms with Gasteiger partial charge in [0, 0.05) is 80.5 Å². The number of halogens is 1. The smallest absolute Gasteiger partial charge is 0.269 e. The standard InChI is InChI=1S/C28H29ClN6O3/c29-21-4-3-5-22(18-21)31-10-12-32(13-11-31)28(36)24-17-20-16-23(35(37)38)7-8-25(20)34-15-14-33(19-26(24)34)27-6-1-2-9-30-27/h1-9,16,18,24,26H,10-15,17,19H2. The van der Waals surface area contributed by atoms with Crippen LogP contribution in [0.5, 0.6) is 0 Å². The zero-order valence-corrected chi connectivity index (χ0v) is 21.7. The molecule has 2 saturated heterocycles. The average molecular weight is 533 g/mol. The summed E-state index contributed by atoms with van der Waals surface area (Å²) in [5, 5.41) is 12.2. The van der Waals surface area contributed by atoms with Crippen molar-refractivity contribution in [3.63, 3.8) is 0 Å². The molecule has 2 fully saturated rings. The van der Waals surface area contributed by atoms with Crippen molar-refractivity contribution >= 4 is 40.4 Å². The molecular weight excluding hydrogens is 504 g/mol. The molecule has 2 unspecified atom stereocenters. The van der Waals surface area contributed by atoms with Crippen LogP contribution in [0.4, 0.5) is 22.9 Å². The predicted molar refractivity (Wildman–Crippen MR) is 148 cm³/mol. The fourth-order valence-electron chi connectivity index (χ4n) is 6.05. The number of non-ortho nitro benzene ring substituents is 1. The van der Waals surface area contributed by atoms with E-state index in [1.165, 1.54) is 0 Å². The normalized spacial score (nSPS) is 21.1. The quantitative estimate of drug-likeness (QED) is 0.372. The van der Waals surface area contributed by atoms with E-state index >= 15 is 0 Å². The number of aromatic nitrogens is 1. The van der Waals surface area contributed by atoms with Crippen LogP contribution in [0.15, 0.2) is 66.9 Å². The molecular formula is C28H29ClN6O3. The van der Waals surface area contributed by atoms with Crippen molar-refractivity contribution in [2.45, 2.75) is 12.5 Å². The molecule has 0 aliphatic carbocycles. The zero-order chi connectivity index (χ0) is 26.2. The van der Waals surface area contributed by atoms with Gasteiger partial charge in [-0.3, -0.25) is 14.9 Å². The fourth-order valence-corrected chi connectivity index (χ4v) is 6.23. The van der Waals surface area contributed by atoms with Crippen molar-refractivity contribution in [1.29, 1.82) is 0 Å². The van der Waals surface area contributed by atoms with Crippen LogP contribution in [0.2, 0.25) is 5.02 Å². The lowest BCUT2D eigenvalue weighted by Crippen LogP contribution is -2.62. The Balaban J connectivity index is 1.25. The van der Waals surface area contributed by atoms with Crippen LogP contribution in [0.3, 0.4) is 0 Å². The zero-order valence-electron chi connectivity index (χ0n) is 20.9. The molecule has 1 aromatic heterocycles. The number of nitrogens with zero attached hydrogens (tertiary/aromatic N) is 6. The Kier molecular flexibility index (Phi) is 6.53. The Morgan fingerprint density at radius 1 is 0.947 bits per heavy atom. The second-order valence-corrected chi connectivity index (χ2v) is 10.5. The van der Waals surface area contributed by atoms with E-state index in [-0.39, 0.29) is 28.5 Å². The fraction of sp³-hybridized carbons (Fsp3) is 0.357. The van der Waals surface area contributed by atoms with Gasteiger partial charge in [0.1, 0.15) is 5.82 Å². The maximum Gasteiger partial charge on any atom is 0.269 e. The summed E-state index contributed by atoms with van der Waals surface area (Å²) in [4.78, 5) is 38.5. The Hall–Kier alpha value is -3.85. The number of carbonyl (C=O) groups excluding carboxylic acids is 1. The summed E-state index contributed by atoms with van der Waals surface area (Å²) in [6.45, 7) is 4.87. The number of nitro groups is 1. The summed E-state index contributed by atoms with van der Waals surface area (Å²) in [5.41, 5.74) is 3.00. The molecule has 3 aliphatic heterocycles. The van der Waals surface area contributed by atoms with Crippen molar-refractivity contribution in [3.05, 3.63) is 87.6 Å². The van der Waals surface area contributed by atoms with E-state index in [0.29, 0.717) is 31.1 Å². The molecule has 3 aliphatic rings. The molecule has 0 radical (unpaired) electrons. The first-order chi connectivity index (χ1) is 18.5. The lowest BCUT2D eigenvalue weighted by Gasteiger charge is -2.50. The number of anilines is 3. The summed E-state index contributed by atoms with van der Waals surface area (Å²) in [6, 6.07) is 18.7. The van der Waals surface area contributed by atoms with Crippen LogP contribution < -0.4 is 14.7 Å². The molecule has 6 rings (SSSR count). The van der Waals surface area contributed by atoms with Gasteiger partial charge in [-0.15, -0.1) is 0 Å². The topological polar surface area (TPSA) is 86.1 Å². The molecule has 3 aromatic rings. The second-order valence-electron chi connectivity index (χ2n) is 10.1. The number of nitro benzene ring substituents is 1. The number of amides is 1. The van der Waals surface area contributed by atoms with Gasteiger partial charge in [-0.05, 0) is 48.4 Å². The van der Waals surface area contributed by atoms with Crippen molar-refractivity contribution in [3.8, 4) is 0 Å². The maximum absolute atomic E-state index is 14.1. The van der Waals surface area contributed by atoms with E-state index in [1.54, 1.807) is 18.3 Å². The third-order valence-corrected chi connectivity index (χ3v) is 8.20. The van der Waals surface area contributed by atoms with Gasteiger partial charge in [0.25, 0.3) is 5.69 Å². The van der Waals surface area contributed by atoms with Crippen LogP contribution in [0, 0.1) is 16.0 Å². The highest BCUT2D eigenvalue weighted by Gasteiger charge is 2.44. The number of hydrogen-bond donors (Lipinski definition) is 0. The SMILES string of the molecule is O=C(C1Cc2cc([N+](=O)[O-])ccc2N2CCN(c3ccccn3)CC12)N1CCN(c2cccc(Cl)c2)CC1. The van der Waals surface area contributed by atoms with E-state index in [4.69, 9.17) is 11.6 Å². The van der Waals surface area contributed by atoms with Gasteiger partial charge in [-0.1, -0.05) is 23.7 Å². The molecule has 0 bridgehead atoms. The third kappa shape index (κ3) is 4.62. The number of piperazine rings is 2. The van der Waals surface area contributed by atoms with Gasteiger partial charge < -0.3 is 19.6 Å². The number of benzene rings is 2. The maximum atomic E-state index is 14.1. The van der Waals surface area contributed by atoms with Crippen molar-refractivity contribution < 1.29 is 9.72 Å². The highest BCUT2D eigenvalue weighted by Crippen LogP contribution is 2.39. The number of carbonyl (C=O) groups is 1. The Bertz CT molecular complexity index is 1350. The third-order valence-electron chi connectivity index (χ3n) is 7.96. The van der Waals surface area contributed by atoms with Gasteiger partial charge in [0.2, 0.25) is 5.91 Å². The van der Waals surface area contributed by atoms with E-state index < -0.39 is 0 Å². The van der Waals surface area contributed by atoms with Crippen molar-refractivity contribution in [2.75, 3.05) is 60.5 Å². The number of hydrogen-bond acceptors (Lipinski definition) is 7. The number of rotatable bonds is 4. The summed E-state index contributed by atoms with van der Waals surface area (Å²) in [7, 11) is 0. The summed E-state index contributed by atoms with van der Waals surface area (Å²) in [5.74, 6) is 0.725. The van der Waals surface area contributed by atoms with Gasteiger partial charge in [-0.2, -0.15) is 0 Å². The first kappa shape index (κ1) is 24.5. The van der Waals surface area contributed by atoms with Gasteiger partial charge >= 0.3 is 0 Å². The minimum Gasteiger partial charge on any atom is -0.368 e. The highest BCUT2D eigenvalue weighted by molar-refractivity contribution is 6.30. The largest absolute Gasteiger partial charge is 0.368 e. The lowest BCUT2D eigenvalue weighted by molar-refractivity contribution is -0.384. The average Bonchev–Trinajstić information content (AvgIpc) is 2.96. The minimum absolute atomic E-state index is 0.0434. The van der Waals surface area contributed by atoms with E-state index in [9.17, 15) is 14.9 Å². The Morgan fingerprint density at radius 2 is 1.76 bits per heavy atom. The molecule has 0 saturated carbocycles. The molecule has 0 spiro atoms. The van der Waals surface area contributed by atoms with E-state index in [2.05, 4.69) is 19.7 Å². The van der Waals surface area contributed by atoms with Crippen LogP contribution in [0.25, 0.3) is 0 Å². The van der Waals surface area contributed by atoms with Crippen molar-refractivity contribution in [2.24, 2.45) is 5.92 Å².